The maximum atomic E-state index is 13.8. The maximum absolute atomic E-state index is 13.8. The van der Waals surface area contributed by atoms with Gasteiger partial charge in [0.2, 0.25) is 23.6 Å². The number of likely N-dealkylation sites (tertiary alicyclic amines) is 1. The molecule has 5 amide bonds. The molecule has 0 radical (unpaired) electrons. The number of hydrogen-bond acceptors (Lipinski definition) is 12. The van der Waals surface area contributed by atoms with Gasteiger partial charge < -0.3 is 41.7 Å². The van der Waals surface area contributed by atoms with Crippen molar-refractivity contribution in [2.45, 2.75) is 57.0 Å². The van der Waals surface area contributed by atoms with E-state index in [9.17, 15) is 47.4 Å². The van der Waals surface area contributed by atoms with E-state index in [1.807, 2.05) is 6.92 Å². The molecular formula is C37H50F2N10O9. The highest BCUT2D eigenvalue weighted by Gasteiger charge is 2.47. The molecule has 2 aromatic rings. The van der Waals surface area contributed by atoms with Crippen LogP contribution in [0.4, 0.5) is 14.5 Å². The van der Waals surface area contributed by atoms with Crippen molar-refractivity contribution in [1.29, 1.82) is 5.26 Å². The van der Waals surface area contributed by atoms with Crippen LogP contribution in [0.25, 0.3) is 10.9 Å². The topological polar surface area (TPSA) is 266 Å². The molecule has 0 aliphatic carbocycles. The minimum atomic E-state index is -3.20. The monoisotopic (exact) mass is 816 g/mol. The van der Waals surface area contributed by atoms with Crippen molar-refractivity contribution in [3.8, 4) is 6.07 Å². The fourth-order valence-electron chi connectivity index (χ4n) is 6.20. The fourth-order valence-corrected chi connectivity index (χ4v) is 6.20. The van der Waals surface area contributed by atoms with Crippen molar-refractivity contribution in [2.24, 2.45) is 0 Å². The van der Waals surface area contributed by atoms with Gasteiger partial charge in [0.1, 0.15) is 12.1 Å². The van der Waals surface area contributed by atoms with Gasteiger partial charge in [0.15, 0.2) is 0 Å². The lowest BCUT2D eigenvalue weighted by Crippen LogP contribution is -2.48. The number of fused-ring (bicyclic) bond motifs is 1. The number of nitrogens with zero attached hydrogens (tertiary/aromatic N) is 5. The van der Waals surface area contributed by atoms with E-state index in [4.69, 9.17) is 10.4 Å². The maximum Gasteiger partial charge on any atom is 0.320 e. The van der Waals surface area contributed by atoms with Crippen LogP contribution in [0.3, 0.4) is 0 Å². The number of carboxylic acid groups (broad SMARTS) is 2. The molecule has 1 aliphatic heterocycles. The van der Waals surface area contributed by atoms with Crippen molar-refractivity contribution in [2.75, 3.05) is 77.8 Å². The minimum Gasteiger partial charge on any atom is -0.480 e. The Balaban J connectivity index is 1.43. The Kier molecular flexibility index (Phi) is 18.3. The number of pyridine rings is 1. The summed E-state index contributed by atoms with van der Waals surface area (Å²) in [7, 11) is 1.62. The molecule has 1 aromatic heterocycles. The Labute approximate surface area is 333 Å². The summed E-state index contributed by atoms with van der Waals surface area (Å²) in [4.78, 5) is 94.7. The van der Waals surface area contributed by atoms with Crippen LogP contribution in [-0.4, -0.2) is 162 Å². The van der Waals surface area contributed by atoms with Crippen LogP contribution in [0.2, 0.25) is 0 Å². The van der Waals surface area contributed by atoms with E-state index in [0.29, 0.717) is 31.6 Å². The summed E-state index contributed by atoms with van der Waals surface area (Å²) in [6.45, 7) is 2.43. The standard InChI is InChI=1S/C37H50F2N10O9/c1-3-41-15-16-48(18-17-47(2)22-33(54)55)28(36(57)58)7-8-29(50)42-13-14-43-30(51)9-10-31(52)46-27-6-4-5-25-26(11-12-44-34(25)27)35(56)45-21-32(53)49-23-37(38,39)19-24(49)20-40/h4-6,11-12,24,28,41H,3,7-10,13-19,21-23H2,1-2H3,(H,42,50)(H,43,51)(H,45,56)(H,46,52)(H,54,55)(H,57,58)/t24-,28?/m0/s1. The third kappa shape index (κ3) is 14.9. The number of para-hydroxylation sites is 1. The molecule has 1 aromatic carbocycles. The van der Waals surface area contributed by atoms with Crippen LogP contribution in [-0.2, 0) is 28.8 Å². The number of hydrogen-bond donors (Lipinski definition) is 7. The zero-order valence-corrected chi connectivity index (χ0v) is 32.4. The average molecular weight is 817 g/mol. The number of halogens is 2. The van der Waals surface area contributed by atoms with E-state index >= 15 is 0 Å². The number of likely N-dealkylation sites (N-methyl/N-ethyl adjacent to an activating group) is 2. The highest BCUT2D eigenvalue weighted by atomic mass is 19.3. The first-order chi connectivity index (χ1) is 27.5. The molecule has 0 spiro atoms. The predicted molar refractivity (Wildman–Crippen MR) is 205 cm³/mol. The number of carboxylic acids is 2. The van der Waals surface area contributed by atoms with Gasteiger partial charge in [-0.15, -0.1) is 0 Å². The Morgan fingerprint density at radius 1 is 0.966 bits per heavy atom. The van der Waals surface area contributed by atoms with Gasteiger partial charge in [-0.3, -0.25) is 48.3 Å². The molecule has 0 bridgehead atoms. The van der Waals surface area contributed by atoms with E-state index in [1.165, 1.54) is 18.3 Å². The van der Waals surface area contributed by atoms with Crippen LogP contribution >= 0.6 is 0 Å². The number of alkyl halides is 2. The molecule has 19 nitrogen and oxygen atoms in total. The van der Waals surface area contributed by atoms with Crippen LogP contribution in [0.15, 0.2) is 30.5 Å². The summed E-state index contributed by atoms with van der Waals surface area (Å²) in [6.07, 6.45) is 0.0211. The van der Waals surface area contributed by atoms with Gasteiger partial charge in [-0.1, -0.05) is 19.1 Å². The van der Waals surface area contributed by atoms with Gasteiger partial charge >= 0.3 is 11.9 Å². The Hall–Kier alpha value is -5.85. The first-order valence-electron chi connectivity index (χ1n) is 18.7. The van der Waals surface area contributed by atoms with Gasteiger partial charge in [0.25, 0.3) is 11.8 Å². The summed E-state index contributed by atoms with van der Waals surface area (Å²) in [5.41, 5.74) is 0.562. The Morgan fingerprint density at radius 2 is 1.66 bits per heavy atom. The van der Waals surface area contributed by atoms with Crippen LogP contribution in [0.1, 0.15) is 49.4 Å². The van der Waals surface area contributed by atoms with Gasteiger partial charge in [0.05, 0.1) is 42.5 Å². The van der Waals surface area contributed by atoms with Gasteiger partial charge in [-0.2, -0.15) is 5.26 Å². The van der Waals surface area contributed by atoms with Crippen molar-refractivity contribution < 1.29 is 52.6 Å². The van der Waals surface area contributed by atoms with Crippen molar-refractivity contribution in [3.05, 3.63) is 36.0 Å². The van der Waals surface area contributed by atoms with Crippen molar-refractivity contribution in [3.63, 3.8) is 0 Å². The number of nitrogens with one attached hydrogen (secondary N) is 5. The minimum absolute atomic E-state index is 0.00823. The smallest absolute Gasteiger partial charge is 0.320 e. The van der Waals surface area contributed by atoms with E-state index in [2.05, 4.69) is 31.6 Å². The second kappa shape index (κ2) is 22.8. The number of nitriles is 1. The third-order valence-corrected chi connectivity index (χ3v) is 9.15. The second-order valence-electron chi connectivity index (χ2n) is 13.6. The molecule has 3 rings (SSSR count). The van der Waals surface area contributed by atoms with Crippen molar-refractivity contribution in [1.82, 2.24) is 41.0 Å². The highest BCUT2D eigenvalue weighted by Crippen LogP contribution is 2.31. The molecule has 2 heterocycles. The summed E-state index contributed by atoms with van der Waals surface area (Å²) in [6, 6.07) is 5.42. The molecule has 58 heavy (non-hydrogen) atoms. The third-order valence-electron chi connectivity index (χ3n) is 9.15. The van der Waals surface area contributed by atoms with Gasteiger partial charge in [-0.05, 0) is 32.1 Å². The normalized spacial score (nSPS) is 15.1. The summed E-state index contributed by atoms with van der Waals surface area (Å²) < 4.78 is 27.5. The first-order valence-corrected chi connectivity index (χ1v) is 18.7. The first kappa shape index (κ1) is 46.5. The quantitative estimate of drug-likeness (QED) is 0.0679. The number of carbonyl (C=O) groups is 7. The predicted octanol–water partition coefficient (Wildman–Crippen LogP) is -0.163. The number of amides is 5. The lowest BCUT2D eigenvalue weighted by Gasteiger charge is -2.30. The summed E-state index contributed by atoms with van der Waals surface area (Å²) >= 11 is 0. The number of benzene rings is 1. The SMILES string of the molecule is CCNCCN(CCN(C)CC(=O)O)C(CCC(=O)NCCNC(=O)CCC(=O)Nc1cccc2c(C(=O)NCC(=O)N3CC(F)(F)C[C@H]3C#N)ccnc12)C(=O)O. The fraction of sp³-hybridized carbons (Fsp3) is 0.541. The Bertz CT molecular complexity index is 1840. The van der Waals surface area contributed by atoms with Crippen molar-refractivity contribution >= 4 is 58.1 Å². The molecule has 1 aliphatic rings. The summed E-state index contributed by atoms with van der Waals surface area (Å²) in [5.74, 6) is -8.28. The largest absolute Gasteiger partial charge is 0.480 e. The van der Waals surface area contributed by atoms with E-state index in [-0.39, 0.29) is 68.6 Å². The van der Waals surface area contributed by atoms with E-state index < -0.39 is 79.0 Å². The van der Waals surface area contributed by atoms with Crippen LogP contribution < -0.4 is 26.6 Å². The Morgan fingerprint density at radius 3 is 2.31 bits per heavy atom. The van der Waals surface area contributed by atoms with Crippen LogP contribution in [0, 0.1) is 11.3 Å². The van der Waals surface area contributed by atoms with E-state index in [0.717, 1.165) is 4.90 Å². The molecule has 2 atom stereocenters. The van der Waals surface area contributed by atoms with Gasteiger partial charge in [0, 0.05) is 76.5 Å². The molecule has 21 heteroatoms. The number of carbonyl (C=O) groups excluding carboxylic acids is 5. The molecule has 0 saturated carbocycles. The number of rotatable bonds is 24. The summed E-state index contributed by atoms with van der Waals surface area (Å²) in [5, 5.41) is 41.8. The highest BCUT2D eigenvalue weighted by molar-refractivity contribution is 6.10. The van der Waals surface area contributed by atoms with Crippen LogP contribution in [0.5, 0.6) is 0 Å². The molecule has 1 saturated heterocycles. The molecule has 1 fully saturated rings. The number of aromatic nitrogens is 1. The lowest BCUT2D eigenvalue weighted by molar-refractivity contribution is -0.144. The molecule has 1 unspecified atom stereocenters. The van der Waals surface area contributed by atoms with E-state index in [1.54, 1.807) is 35.0 Å². The number of anilines is 1. The molecule has 316 valence electrons. The number of aliphatic carboxylic acids is 2. The zero-order valence-electron chi connectivity index (χ0n) is 32.4. The second-order valence-corrected chi connectivity index (χ2v) is 13.6. The molecular weight excluding hydrogens is 766 g/mol. The molecule has 7 N–H and O–H groups in total. The lowest BCUT2D eigenvalue weighted by atomic mass is 10.1. The average Bonchev–Trinajstić information content (AvgIpc) is 3.50. The zero-order chi connectivity index (χ0) is 42.8. The van der Waals surface area contributed by atoms with Gasteiger partial charge in [-0.25, -0.2) is 8.78 Å².